The monoisotopic (exact) mass is 264 g/mol. The molecule has 0 radical (unpaired) electrons. The third kappa shape index (κ3) is 3.15. The summed E-state index contributed by atoms with van der Waals surface area (Å²) < 4.78 is 5.56. The first-order valence-corrected chi connectivity index (χ1v) is 6.08. The number of carbonyl (C=O) groups excluding carboxylic acids is 1. The van der Waals surface area contributed by atoms with Gasteiger partial charge in [0, 0.05) is 6.54 Å². The molecule has 0 saturated carbocycles. The zero-order valence-electron chi connectivity index (χ0n) is 10.6. The average Bonchev–Trinajstić information content (AvgIpc) is 2.43. The lowest BCUT2D eigenvalue weighted by molar-refractivity contribution is -0.141. The van der Waals surface area contributed by atoms with Crippen LogP contribution in [0.25, 0.3) is 0 Å². The molecule has 1 aromatic rings. The van der Waals surface area contributed by atoms with Crippen molar-refractivity contribution in [2.45, 2.75) is 13.0 Å². The second-order valence-corrected chi connectivity index (χ2v) is 4.47. The van der Waals surface area contributed by atoms with Crippen molar-refractivity contribution in [2.24, 2.45) is 5.92 Å². The van der Waals surface area contributed by atoms with Gasteiger partial charge in [0.1, 0.15) is 5.75 Å². The molecule has 0 spiro atoms. The fourth-order valence-electron chi connectivity index (χ4n) is 1.71. The van der Waals surface area contributed by atoms with Crippen LogP contribution >= 0.6 is 0 Å². The lowest BCUT2D eigenvalue weighted by atomic mass is 10.1. The molecule has 1 aliphatic rings. The van der Waals surface area contributed by atoms with Crippen LogP contribution in [0.5, 0.6) is 5.75 Å². The standard InChI is InChI=1S/C13H16N2O4/c1-8(13(17)18)6-15-12(16)11-7-14-9-4-2-3-5-10(9)19-11/h2-5,8,11,14H,6-7H2,1H3,(H,15,16)(H,17,18). The molecule has 1 heterocycles. The van der Waals surface area contributed by atoms with Crippen LogP contribution in [0.2, 0.25) is 0 Å². The summed E-state index contributed by atoms with van der Waals surface area (Å²) >= 11 is 0. The molecular formula is C13H16N2O4. The first-order valence-electron chi connectivity index (χ1n) is 6.08. The fourth-order valence-corrected chi connectivity index (χ4v) is 1.71. The quantitative estimate of drug-likeness (QED) is 0.745. The lowest BCUT2D eigenvalue weighted by Gasteiger charge is -2.26. The number of amides is 1. The average molecular weight is 264 g/mol. The number of aliphatic carboxylic acids is 1. The molecule has 0 bridgehead atoms. The van der Waals surface area contributed by atoms with Gasteiger partial charge in [0.15, 0.2) is 6.10 Å². The van der Waals surface area contributed by atoms with Crippen LogP contribution in [-0.2, 0) is 9.59 Å². The van der Waals surface area contributed by atoms with E-state index in [1.165, 1.54) is 6.92 Å². The van der Waals surface area contributed by atoms with Crippen LogP contribution in [-0.4, -0.2) is 36.2 Å². The molecule has 0 aromatic heterocycles. The van der Waals surface area contributed by atoms with E-state index in [0.29, 0.717) is 12.3 Å². The molecule has 6 heteroatoms. The zero-order valence-corrected chi connectivity index (χ0v) is 10.6. The summed E-state index contributed by atoms with van der Waals surface area (Å²) in [4.78, 5) is 22.5. The van der Waals surface area contributed by atoms with Gasteiger partial charge in [-0.2, -0.15) is 0 Å². The fraction of sp³-hybridized carbons (Fsp3) is 0.385. The van der Waals surface area contributed by atoms with E-state index in [1.54, 1.807) is 6.07 Å². The van der Waals surface area contributed by atoms with Crippen molar-refractivity contribution in [3.05, 3.63) is 24.3 Å². The molecule has 1 aliphatic heterocycles. The number of carboxylic acid groups (broad SMARTS) is 1. The van der Waals surface area contributed by atoms with Gasteiger partial charge in [0.25, 0.3) is 5.91 Å². The van der Waals surface area contributed by atoms with E-state index in [-0.39, 0.29) is 12.5 Å². The van der Waals surface area contributed by atoms with Gasteiger partial charge in [0.2, 0.25) is 0 Å². The molecule has 1 aromatic carbocycles. The maximum Gasteiger partial charge on any atom is 0.308 e. The van der Waals surface area contributed by atoms with Crippen molar-refractivity contribution in [1.29, 1.82) is 0 Å². The second-order valence-electron chi connectivity index (χ2n) is 4.47. The summed E-state index contributed by atoms with van der Waals surface area (Å²) in [5.74, 6) is -1.24. The number of rotatable bonds is 4. The van der Waals surface area contributed by atoms with Crippen molar-refractivity contribution in [3.63, 3.8) is 0 Å². The van der Waals surface area contributed by atoms with Gasteiger partial charge in [-0.05, 0) is 12.1 Å². The van der Waals surface area contributed by atoms with E-state index < -0.39 is 18.0 Å². The number of para-hydroxylation sites is 2. The minimum absolute atomic E-state index is 0.0929. The molecule has 2 atom stereocenters. The Hall–Kier alpha value is -2.24. The van der Waals surface area contributed by atoms with Crippen LogP contribution < -0.4 is 15.4 Å². The number of fused-ring (bicyclic) bond motifs is 1. The zero-order chi connectivity index (χ0) is 13.8. The first-order chi connectivity index (χ1) is 9.08. The summed E-state index contributed by atoms with van der Waals surface area (Å²) in [6, 6.07) is 7.36. The van der Waals surface area contributed by atoms with Crippen molar-refractivity contribution >= 4 is 17.6 Å². The smallest absolute Gasteiger partial charge is 0.308 e. The molecule has 2 rings (SSSR count). The van der Waals surface area contributed by atoms with Gasteiger partial charge in [-0.15, -0.1) is 0 Å². The lowest BCUT2D eigenvalue weighted by Crippen LogP contribution is -2.46. The largest absolute Gasteiger partial charge is 0.481 e. The minimum Gasteiger partial charge on any atom is -0.481 e. The van der Waals surface area contributed by atoms with E-state index in [0.717, 1.165) is 5.69 Å². The Morgan fingerprint density at radius 1 is 1.53 bits per heavy atom. The van der Waals surface area contributed by atoms with Crippen molar-refractivity contribution < 1.29 is 19.4 Å². The molecule has 1 amide bonds. The van der Waals surface area contributed by atoms with E-state index in [9.17, 15) is 9.59 Å². The van der Waals surface area contributed by atoms with Crippen LogP contribution in [0.15, 0.2) is 24.3 Å². The maximum absolute atomic E-state index is 11.9. The first kappa shape index (κ1) is 13.2. The number of ether oxygens (including phenoxy) is 1. The van der Waals surface area contributed by atoms with Crippen LogP contribution in [0.4, 0.5) is 5.69 Å². The third-order valence-corrected chi connectivity index (χ3v) is 2.93. The number of benzene rings is 1. The SMILES string of the molecule is CC(CNC(=O)C1CNc2ccccc2O1)C(=O)O. The molecule has 0 fully saturated rings. The normalized spacial score (nSPS) is 18.5. The van der Waals surface area contributed by atoms with Crippen LogP contribution in [0, 0.1) is 5.92 Å². The number of hydrogen-bond donors (Lipinski definition) is 3. The highest BCUT2D eigenvalue weighted by Gasteiger charge is 2.26. The minimum atomic E-state index is -0.937. The van der Waals surface area contributed by atoms with Crippen LogP contribution in [0.1, 0.15) is 6.92 Å². The second kappa shape index (κ2) is 5.60. The van der Waals surface area contributed by atoms with Crippen molar-refractivity contribution in [3.8, 4) is 5.75 Å². The van der Waals surface area contributed by atoms with Gasteiger partial charge < -0.3 is 20.5 Å². The molecule has 0 saturated heterocycles. The summed E-state index contributed by atoms with van der Waals surface area (Å²) in [7, 11) is 0. The summed E-state index contributed by atoms with van der Waals surface area (Å²) in [5, 5.41) is 14.4. The van der Waals surface area contributed by atoms with Gasteiger partial charge >= 0.3 is 5.97 Å². The van der Waals surface area contributed by atoms with Gasteiger partial charge in [-0.1, -0.05) is 19.1 Å². The Bertz CT molecular complexity index is 489. The van der Waals surface area contributed by atoms with E-state index >= 15 is 0 Å². The molecule has 19 heavy (non-hydrogen) atoms. The number of anilines is 1. The highest BCUT2D eigenvalue weighted by atomic mass is 16.5. The maximum atomic E-state index is 11.9. The summed E-state index contributed by atoms with van der Waals surface area (Å²) in [5.41, 5.74) is 0.852. The summed E-state index contributed by atoms with van der Waals surface area (Å²) in [6.07, 6.45) is -0.643. The number of carboxylic acids is 1. The topological polar surface area (TPSA) is 87.7 Å². The predicted octanol–water partition coefficient (Wildman–Crippen LogP) is 0.696. The number of hydrogen-bond acceptors (Lipinski definition) is 4. The Labute approximate surface area is 110 Å². The predicted molar refractivity (Wildman–Crippen MR) is 69.2 cm³/mol. The molecule has 6 nitrogen and oxygen atoms in total. The Balaban J connectivity index is 1.90. The van der Waals surface area contributed by atoms with E-state index in [1.807, 2.05) is 18.2 Å². The number of nitrogens with one attached hydrogen (secondary N) is 2. The summed E-state index contributed by atoms with van der Waals surface area (Å²) in [6.45, 7) is 2.00. The Kier molecular flexibility index (Phi) is 3.89. The van der Waals surface area contributed by atoms with Gasteiger partial charge in [0.05, 0.1) is 18.2 Å². The molecule has 2 unspecified atom stereocenters. The van der Waals surface area contributed by atoms with E-state index in [4.69, 9.17) is 9.84 Å². The number of carbonyl (C=O) groups is 2. The van der Waals surface area contributed by atoms with Crippen LogP contribution in [0.3, 0.4) is 0 Å². The van der Waals surface area contributed by atoms with E-state index in [2.05, 4.69) is 10.6 Å². The van der Waals surface area contributed by atoms with Crippen molar-refractivity contribution in [2.75, 3.05) is 18.4 Å². The Morgan fingerprint density at radius 3 is 3.00 bits per heavy atom. The molecule has 102 valence electrons. The van der Waals surface area contributed by atoms with Gasteiger partial charge in [-0.25, -0.2) is 0 Å². The van der Waals surface area contributed by atoms with Crippen molar-refractivity contribution in [1.82, 2.24) is 5.32 Å². The third-order valence-electron chi connectivity index (χ3n) is 2.93. The Morgan fingerprint density at radius 2 is 2.26 bits per heavy atom. The highest BCUT2D eigenvalue weighted by molar-refractivity contribution is 5.83. The molecular weight excluding hydrogens is 248 g/mol. The molecule has 0 aliphatic carbocycles. The highest BCUT2D eigenvalue weighted by Crippen LogP contribution is 2.28. The molecule has 3 N–H and O–H groups in total. The van der Waals surface area contributed by atoms with Gasteiger partial charge in [-0.3, -0.25) is 9.59 Å².